The zero-order chi connectivity index (χ0) is 21.1. The molecule has 0 bridgehead atoms. The summed E-state index contributed by atoms with van der Waals surface area (Å²) in [4.78, 5) is 13.5. The number of hydrogen-bond acceptors (Lipinski definition) is 6. The Labute approximate surface area is 176 Å². The molecule has 7 heteroatoms. The van der Waals surface area contributed by atoms with E-state index in [9.17, 15) is 4.39 Å². The maximum Gasteiger partial charge on any atom is 0.225 e. The molecule has 0 spiro atoms. The molecule has 4 rings (SSSR count). The third-order valence-corrected chi connectivity index (χ3v) is 5.26. The van der Waals surface area contributed by atoms with E-state index >= 15 is 0 Å². The minimum Gasteiger partial charge on any atom is -0.350 e. The van der Waals surface area contributed by atoms with Gasteiger partial charge in [0.05, 0.1) is 11.9 Å². The quantitative estimate of drug-likeness (QED) is 0.745. The molecule has 0 saturated carbocycles. The van der Waals surface area contributed by atoms with Crippen molar-refractivity contribution in [2.75, 3.05) is 22.2 Å². The van der Waals surface area contributed by atoms with Crippen LogP contribution in [0.4, 0.5) is 21.8 Å². The first kappa shape index (κ1) is 19.9. The molecule has 30 heavy (non-hydrogen) atoms. The van der Waals surface area contributed by atoms with E-state index < -0.39 is 0 Å². The maximum atomic E-state index is 14.5. The van der Waals surface area contributed by atoms with E-state index in [1.807, 2.05) is 43.6 Å². The summed E-state index contributed by atoms with van der Waals surface area (Å²) >= 11 is 0. The lowest BCUT2D eigenvalue weighted by atomic mass is 10.2. The highest BCUT2D eigenvalue weighted by Gasteiger charge is 2.37. The molecule has 2 aliphatic rings. The van der Waals surface area contributed by atoms with Crippen molar-refractivity contribution in [2.45, 2.75) is 39.1 Å². The summed E-state index contributed by atoms with van der Waals surface area (Å²) in [5, 5.41) is 6.68. The van der Waals surface area contributed by atoms with E-state index in [1.54, 1.807) is 6.08 Å². The van der Waals surface area contributed by atoms with Gasteiger partial charge < -0.3 is 20.4 Å². The second-order valence-corrected chi connectivity index (χ2v) is 7.69. The molecule has 1 aliphatic carbocycles. The van der Waals surface area contributed by atoms with Crippen LogP contribution in [0.2, 0.25) is 0 Å². The first-order valence-corrected chi connectivity index (χ1v) is 10.2. The highest BCUT2D eigenvalue weighted by atomic mass is 19.1. The van der Waals surface area contributed by atoms with Crippen molar-refractivity contribution >= 4 is 17.5 Å². The molecule has 0 fully saturated rings. The molecule has 0 radical (unpaired) electrons. The summed E-state index contributed by atoms with van der Waals surface area (Å²) in [7, 11) is 1.97. The van der Waals surface area contributed by atoms with Crippen molar-refractivity contribution in [1.82, 2.24) is 15.3 Å². The zero-order valence-corrected chi connectivity index (χ0v) is 17.5. The number of fused-ring (bicyclic) bond motifs is 1. The molecule has 2 aromatic rings. The summed E-state index contributed by atoms with van der Waals surface area (Å²) < 4.78 is 14.5. The van der Waals surface area contributed by atoms with Gasteiger partial charge in [0.25, 0.3) is 0 Å². The Morgan fingerprint density at radius 1 is 1.20 bits per heavy atom. The van der Waals surface area contributed by atoms with Gasteiger partial charge in [-0.25, -0.2) is 9.37 Å². The Morgan fingerprint density at radius 2 is 2.00 bits per heavy atom. The van der Waals surface area contributed by atoms with Crippen molar-refractivity contribution < 1.29 is 4.39 Å². The Kier molecular flexibility index (Phi) is 5.70. The number of nitrogens with zero attached hydrogens (tertiary/aromatic N) is 4. The SMILES string of the molecule is CC(C)N1c2nc(NCc3ccccc3)ncc2N(C)C1NC1=C(F)C=CC=CC1. The highest BCUT2D eigenvalue weighted by Crippen LogP contribution is 2.38. The molecule has 1 unspecified atom stereocenters. The van der Waals surface area contributed by atoms with Crippen molar-refractivity contribution in [3.63, 3.8) is 0 Å². The predicted molar refractivity (Wildman–Crippen MR) is 120 cm³/mol. The topological polar surface area (TPSA) is 56.3 Å². The van der Waals surface area contributed by atoms with Crippen LogP contribution in [0.3, 0.4) is 0 Å². The van der Waals surface area contributed by atoms with Crippen LogP contribution in [-0.4, -0.2) is 29.3 Å². The molecule has 2 heterocycles. The number of allylic oxidation sites excluding steroid dienone is 5. The Bertz CT molecular complexity index is 982. The summed E-state index contributed by atoms with van der Waals surface area (Å²) in [5.41, 5.74) is 2.63. The van der Waals surface area contributed by atoms with Gasteiger partial charge in [-0.15, -0.1) is 0 Å². The molecule has 1 aromatic carbocycles. The van der Waals surface area contributed by atoms with Gasteiger partial charge in [-0.2, -0.15) is 4.98 Å². The molecule has 1 aliphatic heterocycles. The minimum absolute atomic E-state index is 0.156. The lowest BCUT2D eigenvalue weighted by molar-refractivity contribution is 0.489. The molecular formula is C23H27FN6. The number of nitrogens with one attached hydrogen (secondary N) is 2. The largest absolute Gasteiger partial charge is 0.350 e. The molecule has 0 saturated heterocycles. The van der Waals surface area contributed by atoms with E-state index in [-0.39, 0.29) is 18.2 Å². The van der Waals surface area contributed by atoms with Crippen LogP contribution in [0.25, 0.3) is 0 Å². The Balaban J connectivity index is 1.58. The van der Waals surface area contributed by atoms with Gasteiger partial charge in [0, 0.05) is 26.1 Å². The van der Waals surface area contributed by atoms with Gasteiger partial charge in [-0.3, -0.25) is 0 Å². The van der Waals surface area contributed by atoms with Crippen LogP contribution >= 0.6 is 0 Å². The molecular weight excluding hydrogens is 379 g/mol. The van der Waals surface area contributed by atoms with Gasteiger partial charge in [-0.05, 0) is 25.5 Å². The summed E-state index contributed by atoms with van der Waals surface area (Å²) in [6, 6.07) is 10.3. The maximum absolute atomic E-state index is 14.5. The Hall–Kier alpha value is -3.35. The molecule has 6 nitrogen and oxygen atoms in total. The lowest BCUT2D eigenvalue weighted by Crippen LogP contribution is -2.54. The van der Waals surface area contributed by atoms with Crippen molar-refractivity contribution in [1.29, 1.82) is 0 Å². The molecule has 1 aromatic heterocycles. The van der Waals surface area contributed by atoms with Crippen LogP contribution in [0.5, 0.6) is 0 Å². The molecule has 2 N–H and O–H groups in total. The van der Waals surface area contributed by atoms with Gasteiger partial charge in [0.2, 0.25) is 5.95 Å². The fourth-order valence-corrected chi connectivity index (χ4v) is 3.68. The average Bonchev–Trinajstić information content (AvgIpc) is 2.86. The highest BCUT2D eigenvalue weighted by molar-refractivity contribution is 5.74. The van der Waals surface area contributed by atoms with Crippen LogP contribution in [0, 0.1) is 0 Å². The van der Waals surface area contributed by atoms with E-state index in [0.29, 0.717) is 24.6 Å². The number of benzene rings is 1. The summed E-state index contributed by atoms with van der Waals surface area (Å²) in [6.45, 7) is 4.86. The van der Waals surface area contributed by atoms with E-state index in [1.165, 1.54) is 6.08 Å². The first-order chi connectivity index (χ1) is 14.5. The van der Waals surface area contributed by atoms with Gasteiger partial charge >= 0.3 is 0 Å². The molecule has 1 atom stereocenters. The monoisotopic (exact) mass is 406 g/mol. The van der Waals surface area contributed by atoms with E-state index in [0.717, 1.165) is 17.1 Å². The average molecular weight is 407 g/mol. The van der Waals surface area contributed by atoms with Crippen molar-refractivity contribution in [3.05, 3.63) is 77.9 Å². The molecule has 156 valence electrons. The number of hydrogen-bond donors (Lipinski definition) is 2. The van der Waals surface area contributed by atoms with Crippen LogP contribution in [-0.2, 0) is 6.54 Å². The van der Waals surface area contributed by atoms with Crippen LogP contribution in [0.1, 0.15) is 25.8 Å². The number of halogens is 1. The van der Waals surface area contributed by atoms with E-state index in [2.05, 4.69) is 51.4 Å². The Morgan fingerprint density at radius 3 is 2.77 bits per heavy atom. The second-order valence-electron chi connectivity index (χ2n) is 7.69. The number of rotatable bonds is 6. The molecule has 0 amide bonds. The third kappa shape index (κ3) is 4.01. The number of anilines is 3. The fourth-order valence-electron chi connectivity index (χ4n) is 3.68. The number of aromatic nitrogens is 2. The third-order valence-electron chi connectivity index (χ3n) is 5.26. The minimum atomic E-state index is -0.251. The van der Waals surface area contributed by atoms with Crippen molar-refractivity contribution in [3.8, 4) is 0 Å². The summed E-state index contributed by atoms with van der Waals surface area (Å²) in [6.07, 6.45) is 9.09. The second kappa shape index (κ2) is 8.57. The van der Waals surface area contributed by atoms with E-state index in [4.69, 9.17) is 4.98 Å². The lowest BCUT2D eigenvalue weighted by Gasteiger charge is -2.34. The van der Waals surface area contributed by atoms with Gasteiger partial charge in [0.15, 0.2) is 12.1 Å². The standard InChI is InChI=1S/C23H27FN6/c1-16(2)30-21-20(15-26-22(28-21)25-14-17-10-6-4-7-11-17)29(3)23(30)27-19-13-9-5-8-12-18(19)24/h4-12,15-16,23,27H,13-14H2,1-3H3,(H,25,26,28). The zero-order valence-electron chi connectivity index (χ0n) is 17.5. The van der Waals surface area contributed by atoms with Gasteiger partial charge in [0.1, 0.15) is 11.5 Å². The predicted octanol–water partition coefficient (Wildman–Crippen LogP) is 4.32. The fraction of sp³-hybridized carbons (Fsp3) is 0.304. The van der Waals surface area contributed by atoms with Crippen LogP contribution < -0.4 is 20.4 Å². The van der Waals surface area contributed by atoms with Crippen LogP contribution in [0.15, 0.2) is 72.4 Å². The first-order valence-electron chi connectivity index (χ1n) is 10.2. The van der Waals surface area contributed by atoms with Gasteiger partial charge in [-0.1, -0.05) is 48.6 Å². The normalized spacial score (nSPS) is 18.1. The summed E-state index contributed by atoms with van der Waals surface area (Å²) in [5.74, 6) is 1.16. The van der Waals surface area contributed by atoms with Crippen molar-refractivity contribution in [2.24, 2.45) is 0 Å². The smallest absolute Gasteiger partial charge is 0.225 e.